The van der Waals surface area contributed by atoms with Gasteiger partial charge in [-0.3, -0.25) is 14.7 Å². The number of hydrogen-bond acceptors (Lipinski definition) is 3. The maximum Gasteiger partial charge on any atom is 0.266 e. The lowest BCUT2D eigenvalue weighted by molar-refractivity contribution is -0.126. The van der Waals surface area contributed by atoms with Crippen molar-refractivity contribution < 1.29 is 9.59 Å². The van der Waals surface area contributed by atoms with Gasteiger partial charge < -0.3 is 11.1 Å². The van der Waals surface area contributed by atoms with Gasteiger partial charge in [0, 0.05) is 17.9 Å². The van der Waals surface area contributed by atoms with Gasteiger partial charge in [-0.15, -0.1) is 0 Å². The number of aromatic nitrogens is 2. The molecule has 2 rings (SSSR count). The van der Waals surface area contributed by atoms with Crippen LogP contribution in [0.1, 0.15) is 61.6 Å². The zero-order valence-electron chi connectivity index (χ0n) is 12.0. The van der Waals surface area contributed by atoms with Crippen molar-refractivity contribution in [3.05, 3.63) is 17.5 Å². The van der Waals surface area contributed by atoms with Gasteiger partial charge in [0.1, 0.15) is 5.69 Å². The van der Waals surface area contributed by atoms with Crippen LogP contribution < -0.4 is 11.1 Å². The fraction of sp³-hybridized carbons (Fsp3) is 0.643. The quantitative estimate of drug-likeness (QED) is 0.731. The summed E-state index contributed by atoms with van der Waals surface area (Å²) in [6, 6.07) is 1.92. The summed E-state index contributed by atoms with van der Waals surface area (Å²) in [4.78, 5) is 22.9. The van der Waals surface area contributed by atoms with E-state index in [0.29, 0.717) is 11.6 Å². The topological polar surface area (TPSA) is 101 Å². The molecule has 6 heteroatoms. The van der Waals surface area contributed by atoms with Crippen LogP contribution in [0.25, 0.3) is 0 Å². The Morgan fingerprint density at radius 3 is 2.60 bits per heavy atom. The van der Waals surface area contributed by atoms with Crippen molar-refractivity contribution in [1.82, 2.24) is 15.5 Å². The molecule has 2 amide bonds. The van der Waals surface area contributed by atoms with Crippen LogP contribution in [0.3, 0.4) is 0 Å². The van der Waals surface area contributed by atoms with Crippen molar-refractivity contribution >= 4 is 11.8 Å². The summed E-state index contributed by atoms with van der Waals surface area (Å²) in [5, 5.41) is 9.82. The largest absolute Gasteiger partial charge is 0.364 e. The summed E-state index contributed by atoms with van der Waals surface area (Å²) < 4.78 is 0. The minimum absolute atomic E-state index is 0.112. The summed E-state index contributed by atoms with van der Waals surface area (Å²) in [6.07, 6.45) is 3.49. The van der Waals surface area contributed by atoms with Gasteiger partial charge in [0.2, 0.25) is 5.91 Å². The van der Waals surface area contributed by atoms with Crippen molar-refractivity contribution in [2.24, 2.45) is 11.7 Å². The molecule has 0 aliphatic heterocycles. The maximum atomic E-state index is 12.0. The van der Waals surface area contributed by atoms with Crippen LogP contribution in [-0.4, -0.2) is 28.1 Å². The van der Waals surface area contributed by atoms with E-state index in [1.807, 2.05) is 13.8 Å². The molecule has 0 bridgehead atoms. The lowest BCUT2D eigenvalue weighted by Gasteiger charge is -2.35. The monoisotopic (exact) mass is 278 g/mol. The minimum Gasteiger partial charge on any atom is -0.364 e. The van der Waals surface area contributed by atoms with Gasteiger partial charge in [0.05, 0.1) is 5.69 Å². The fourth-order valence-corrected chi connectivity index (χ4v) is 2.63. The molecule has 0 saturated heterocycles. The van der Waals surface area contributed by atoms with Crippen LogP contribution in [0.5, 0.6) is 0 Å². The van der Waals surface area contributed by atoms with E-state index in [9.17, 15) is 9.59 Å². The number of hydrogen-bond donors (Lipinski definition) is 3. The Morgan fingerprint density at radius 1 is 1.45 bits per heavy atom. The summed E-state index contributed by atoms with van der Waals surface area (Å²) in [5.74, 6) is 0.0622. The average molecular weight is 278 g/mol. The van der Waals surface area contributed by atoms with Crippen LogP contribution in [0.15, 0.2) is 6.07 Å². The van der Waals surface area contributed by atoms with Gasteiger partial charge in [-0.1, -0.05) is 13.8 Å². The first-order chi connectivity index (χ1) is 9.55. The van der Waals surface area contributed by atoms with Crippen LogP contribution in [0, 0.1) is 5.92 Å². The molecule has 20 heavy (non-hydrogen) atoms. The fourth-order valence-electron chi connectivity index (χ4n) is 2.63. The number of aromatic amines is 1. The van der Waals surface area contributed by atoms with E-state index >= 15 is 0 Å². The molecule has 4 N–H and O–H groups in total. The zero-order valence-corrected chi connectivity index (χ0v) is 12.0. The second-order valence-corrected chi connectivity index (χ2v) is 5.46. The number of nitrogens with one attached hydrogen (secondary N) is 2. The van der Waals surface area contributed by atoms with Gasteiger partial charge in [0.25, 0.3) is 5.91 Å². The molecule has 0 atom stereocenters. The van der Waals surface area contributed by atoms with E-state index < -0.39 is 5.91 Å². The van der Waals surface area contributed by atoms with Crippen molar-refractivity contribution in [1.29, 1.82) is 0 Å². The average Bonchev–Trinajstić information content (AvgIpc) is 2.84. The zero-order chi connectivity index (χ0) is 14.7. The predicted octanol–water partition coefficient (Wildman–Crippen LogP) is 1.31. The molecule has 1 fully saturated rings. The molecule has 0 aromatic carbocycles. The standard InChI is InChI=1S/C14H22N4O2/c1-3-8(4-2)14(20)16-10-5-9(6-10)11-7-12(13(15)19)18-17-11/h7-10H,3-6H2,1-2H3,(H2,15,19)(H,16,20)(H,17,18)/t9-,10+. The molecule has 110 valence electrons. The number of amides is 2. The third-order valence-corrected chi connectivity index (χ3v) is 4.12. The lowest BCUT2D eigenvalue weighted by atomic mass is 9.78. The van der Waals surface area contributed by atoms with Gasteiger partial charge in [0.15, 0.2) is 0 Å². The highest BCUT2D eigenvalue weighted by molar-refractivity contribution is 5.90. The summed E-state index contributed by atoms with van der Waals surface area (Å²) in [7, 11) is 0. The normalized spacial score (nSPS) is 21.6. The molecule has 0 spiro atoms. The van der Waals surface area contributed by atoms with Crippen LogP contribution in [0.4, 0.5) is 0 Å². The van der Waals surface area contributed by atoms with Gasteiger partial charge in [-0.25, -0.2) is 0 Å². The van der Waals surface area contributed by atoms with Crippen molar-refractivity contribution in [2.45, 2.75) is 51.5 Å². The van der Waals surface area contributed by atoms with Crippen LogP contribution >= 0.6 is 0 Å². The smallest absolute Gasteiger partial charge is 0.266 e. The molecule has 1 aromatic heterocycles. The molecule has 0 radical (unpaired) electrons. The van der Waals surface area contributed by atoms with Crippen molar-refractivity contribution in [2.75, 3.05) is 0 Å². The highest BCUT2D eigenvalue weighted by Gasteiger charge is 2.34. The Kier molecular flexibility index (Phi) is 4.42. The van der Waals surface area contributed by atoms with Crippen molar-refractivity contribution in [3.63, 3.8) is 0 Å². The highest BCUT2D eigenvalue weighted by Crippen LogP contribution is 2.36. The van der Waals surface area contributed by atoms with Crippen molar-refractivity contribution in [3.8, 4) is 0 Å². The van der Waals surface area contributed by atoms with E-state index in [0.717, 1.165) is 31.4 Å². The third-order valence-electron chi connectivity index (χ3n) is 4.12. The molecule has 6 nitrogen and oxygen atoms in total. The van der Waals surface area contributed by atoms with Gasteiger partial charge >= 0.3 is 0 Å². The van der Waals surface area contributed by atoms with Crippen LogP contribution in [-0.2, 0) is 4.79 Å². The van der Waals surface area contributed by atoms with E-state index in [1.54, 1.807) is 6.07 Å². The summed E-state index contributed by atoms with van der Waals surface area (Å²) in [6.45, 7) is 4.07. The molecule has 0 unspecified atom stereocenters. The van der Waals surface area contributed by atoms with E-state index in [1.165, 1.54) is 0 Å². The Morgan fingerprint density at radius 2 is 2.10 bits per heavy atom. The van der Waals surface area contributed by atoms with E-state index in [2.05, 4.69) is 15.5 Å². The third kappa shape index (κ3) is 3.00. The number of rotatable bonds is 6. The number of nitrogens with zero attached hydrogens (tertiary/aromatic N) is 1. The van der Waals surface area contributed by atoms with Gasteiger partial charge in [-0.2, -0.15) is 5.10 Å². The second-order valence-electron chi connectivity index (χ2n) is 5.46. The lowest BCUT2D eigenvalue weighted by Crippen LogP contribution is -2.45. The number of carbonyl (C=O) groups excluding carboxylic acids is 2. The maximum absolute atomic E-state index is 12.0. The van der Waals surface area contributed by atoms with E-state index in [-0.39, 0.29) is 17.9 Å². The number of nitrogens with two attached hydrogens (primary N) is 1. The first kappa shape index (κ1) is 14.6. The number of primary amides is 1. The molecule has 1 aliphatic rings. The Labute approximate surface area is 118 Å². The molecule has 1 heterocycles. The first-order valence-electron chi connectivity index (χ1n) is 7.20. The highest BCUT2D eigenvalue weighted by atomic mass is 16.2. The molecule has 1 aliphatic carbocycles. The molecule has 1 aromatic rings. The van der Waals surface area contributed by atoms with Crippen LogP contribution in [0.2, 0.25) is 0 Å². The summed E-state index contributed by atoms with van der Waals surface area (Å²) in [5.41, 5.74) is 6.37. The first-order valence-corrected chi connectivity index (χ1v) is 7.20. The summed E-state index contributed by atoms with van der Waals surface area (Å²) >= 11 is 0. The molecular formula is C14H22N4O2. The number of carbonyl (C=O) groups is 2. The second kappa shape index (κ2) is 6.07. The minimum atomic E-state index is -0.498. The Bertz CT molecular complexity index is 487. The SMILES string of the molecule is CCC(CC)C(=O)N[C@H]1C[C@@H](c2cc(C(N)=O)[nH]n2)C1. The van der Waals surface area contributed by atoms with E-state index in [4.69, 9.17) is 5.73 Å². The molecule has 1 saturated carbocycles. The Hall–Kier alpha value is -1.85. The number of H-pyrrole nitrogens is 1. The van der Waals surface area contributed by atoms with Gasteiger partial charge in [-0.05, 0) is 31.7 Å². The predicted molar refractivity (Wildman–Crippen MR) is 75.1 cm³/mol. The molecular weight excluding hydrogens is 256 g/mol. The Balaban J connectivity index is 1.82.